The maximum atomic E-state index is 14.0. The number of carbonyl (C=O) groups excluding carboxylic acids is 1. The number of benzene rings is 2. The van der Waals surface area contributed by atoms with Gasteiger partial charge in [-0.05, 0) is 67.3 Å². The highest BCUT2D eigenvalue weighted by atomic mass is 35.5. The number of hydrogen-bond acceptors (Lipinski definition) is 5. The molecule has 0 aliphatic carbocycles. The van der Waals surface area contributed by atoms with Gasteiger partial charge >= 0.3 is 7.52 Å². The molecule has 3 rings (SSSR count). The zero-order chi connectivity index (χ0) is 21.7. The number of rotatable bonds is 6. The second kappa shape index (κ2) is 9.94. The molecule has 2 aromatic carbocycles. The van der Waals surface area contributed by atoms with E-state index in [1.54, 1.807) is 58.7 Å². The summed E-state index contributed by atoms with van der Waals surface area (Å²) in [5.41, 5.74) is 1.64. The Kier molecular flexibility index (Phi) is 7.55. The van der Waals surface area contributed by atoms with Gasteiger partial charge in [0.1, 0.15) is 11.5 Å². The summed E-state index contributed by atoms with van der Waals surface area (Å²) in [5.74, 6) is 0.723. The van der Waals surface area contributed by atoms with Crippen LogP contribution in [0.25, 0.3) is 0 Å². The van der Waals surface area contributed by atoms with Crippen molar-refractivity contribution in [3.05, 3.63) is 53.6 Å². The first kappa shape index (κ1) is 22.8. The lowest BCUT2D eigenvalue weighted by atomic mass is 9.99. The number of amides is 1. The van der Waals surface area contributed by atoms with E-state index in [0.717, 1.165) is 12.8 Å². The lowest BCUT2D eigenvalue weighted by molar-refractivity contribution is -0.130. The summed E-state index contributed by atoms with van der Waals surface area (Å²) in [5, 5.41) is 10.1. The molecule has 1 amide bonds. The number of carbonyl (C=O) groups is 1. The Morgan fingerprint density at radius 3 is 2.40 bits per heavy atom. The molecule has 7 nitrogen and oxygen atoms in total. The molecule has 9 heteroatoms. The van der Waals surface area contributed by atoms with Crippen molar-refractivity contribution in [1.29, 1.82) is 0 Å². The normalized spacial score (nSPS) is 22.5. The zero-order valence-electron chi connectivity index (χ0n) is 17.0. The van der Waals surface area contributed by atoms with Crippen LogP contribution >= 0.6 is 19.1 Å². The Hall–Kier alpha value is -1.89. The van der Waals surface area contributed by atoms with E-state index in [4.69, 9.17) is 26.1 Å². The van der Waals surface area contributed by atoms with Crippen molar-refractivity contribution in [2.24, 2.45) is 5.92 Å². The third kappa shape index (κ3) is 5.23. The maximum Gasteiger partial charge on any atom is 0.303 e. The van der Waals surface area contributed by atoms with E-state index in [1.807, 2.05) is 13.8 Å². The molecule has 1 fully saturated rings. The minimum absolute atomic E-state index is 0.124. The smallest absolute Gasteiger partial charge is 0.303 e. The number of nitrogens with zero attached hydrogens (tertiary/aromatic N) is 1. The van der Waals surface area contributed by atoms with E-state index >= 15 is 0 Å². The fourth-order valence-corrected chi connectivity index (χ4v) is 6.24. The molecule has 2 N–H and O–H groups in total. The third-order valence-electron chi connectivity index (χ3n) is 5.04. The van der Waals surface area contributed by atoms with E-state index in [-0.39, 0.29) is 18.5 Å². The quantitative estimate of drug-likeness (QED) is 0.378. The van der Waals surface area contributed by atoms with Gasteiger partial charge in [-0.25, -0.2) is 10.2 Å². The molecule has 2 atom stereocenters. The van der Waals surface area contributed by atoms with Gasteiger partial charge in [0, 0.05) is 11.1 Å². The first-order chi connectivity index (χ1) is 14.3. The molecule has 30 heavy (non-hydrogen) atoms. The standard InChI is InChI=1S/C21H26ClN2O5P/c1-15(2)20-4-3-13-28-30(27,24(20)14-21(25)23-26)19-11-9-18(10-12-19)29-17-7-5-16(22)6-8-17/h5-12,15,20,26H,3-4,13-14H2,1-2H3,(H,23,25). The van der Waals surface area contributed by atoms with Crippen molar-refractivity contribution in [1.82, 2.24) is 10.2 Å². The van der Waals surface area contributed by atoms with E-state index in [9.17, 15) is 9.36 Å². The first-order valence-corrected chi connectivity index (χ1v) is 11.8. The molecule has 1 aliphatic heterocycles. The van der Waals surface area contributed by atoms with Gasteiger partial charge in [-0.2, -0.15) is 0 Å². The number of ether oxygens (including phenoxy) is 1. The molecule has 162 valence electrons. The Balaban J connectivity index is 1.89. The zero-order valence-corrected chi connectivity index (χ0v) is 18.6. The Morgan fingerprint density at radius 2 is 1.83 bits per heavy atom. The van der Waals surface area contributed by atoms with Gasteiger partial charge in [0.05, 0.1) is 18.5 Å². The molecule has 0 spiro atoms. The highest BCUT2D eigenvalue weighted by molar-refractivity contribution is 7.64. The predicted octanol–water partition coefficient (Wildman–Crippen LogP) is 4.59. The molecule has 1 aliphatic rings. The van der Waals surface area contributed by atoms with Crippen LogP contribution in [0.2, 0.25) is 5.02 Å². The van der Waals surface area contributed by atoms with Crippen LogP contribution in [-0.4, -0.2) is 35.0 Å². The molecule has 0 bridgehead atoms. The number of hydrogen-bond donors (Lipinski definition) is 2. The number of nitrogens with one attached hydrogen (secondary N) is 1. The van der Waals surface area contributed by atoms with Crippen molar-refractivity contribution in [3.63, 3.8) is 0 Å². The van der Waals surface area contributed by atoms with Crippen LogP contribution in [0.15, 0.2) is 48.5 Å². The minimum Gasteiger partial charge on any atom is -0.457 e. The topological polar surface area (TPSA) is 88.1 Å². The predicted molar refractivity (Wildman–Crippen MR) is 116 cm³/mol. The molecule has 2 aromatic rings. The molecular weight excluding hydrogens is 427 g/mol. The monoisotopic (exact) mass is 452 g/mol. The molecular formula is C21H26ClN2O5P. The van der Waals surface area contributed by atoms with Crippen LogP contribution in [0.3, 0.4) is 0 Å². The largest absolute Gasteiger partial charge is 0.457 e. The van der Waals surface area contributed by atoms with E-state index in [1.165, 1.54) is 0 Å². The summed E-state index contributed by atoms with van der Waals surface area (Å²) in [6, 6.07) is 13.7. The van der Waals surface area contributed by atoms with E-state index in [0.29, 0.717) is 28.4 Å². The third-order valence-corrected chi connectivity index (χ3v) is 7.89. The molecule has 1 saturated heterocycles. The molecule has 1 heterocycles. The fourth-order valence-electron chi connectivity index (χ4n) is 3.53. The average Bonchev–Trinajstić information content (AvgIpc) is 2.90. The molecule has 0 aromatic heterocycles. The van der Waals surface area contributed by atoms with Gasteiger partial charge in [-0.3, -0.25) is 14.6 Å². The highest BCUT2D eigenvalue weighted by Crippen LogP contribution is 2.54. The fraction of sp³-hybridized carbons (Fsp3) is 0.381. The van der Waals surface area contributed by atoms with Crippen molar-refractivity contribution >= 4 is 30.3 Å². The van der Waals surface area contributed by atoms with E-state index in [2.05, 4.69) is 0 Å². The van der Waals surface area contributed by atoms with Crippen molar-refractivity contribution in [2.45, 2.75) is 32.7 Å². The van der Waals surface area contributed by atoms with Gasteiger partial charge < -0.3 is 9.26 Å². The SMILES string of the molecule is CC(C)C1CCCOP(=O)(c2ccc(Oc3ccc(Cl)cc3)cc2)N1CC(=O)NO. The van der Waals surface area contributed by atoms with Crippen molar-refractivity contribution < 1.29 is 23.8 Å². The van der Waals surface area contributed by atoms with Gasteiger partial charge in [-0.15, -0.1) is 0 Å². The summed E-state index contributed by atoms with van der Waals surface area (Å²) < 4.78 is 27.3. The average molecular weight is 453 g/mol. The maximum absolute atomic E-state index is 14.0. The lowest BCUT2D eigenvalue weighted by Gasteiger charge is -2.36. The Bertz CT molecular complexity index is 905. The van der Waals surface area contributed by atoms with Crippen molar-refractivity contribution in [3.8, 4) is 11.5 Å². The van der Waals surface area contributed by atoms with Crippen LogP contribution in [0.4, 0.5) is 0 Å². The second-order valence-corrected chi connectivity index (χ2v) is 10.3. The van der Waals surface area contributed by atoms with Gasteiger partial charge in [0.25, 0.3) is 5.91 Å². The Labute approximate surface area is 181 Å². The summed E-state index contributed by atoms with van der Waals surface area (Å²) in [6.07, 6.45) is 1.49. The summed E-state index contributed by atoms with van der Waals surface area (Å²) in [7, 11) is -3.52. The lowest BCUT2D eigenvalue weighted by Crippen LogP contribution is -2.44. The first-order valence-electron chi connectivity index (χ1n) is 9.82. The Morgan fingerprint density at radius 1 is 1.23 bits per heavy atom. The summed E-state index contributed by atoms with van der Waals surface area (Å²) in [6.45, 7) is 4.15. The summed E-state index contributed by atoms with van der Waals surface area (Å²) >= 11 is 5.89. The van der Waals surface area contributed by atoms with Crippen LogP contribution in [0.1, 0.15) is 26.7 Å². The minimum atomic E-state index is -3.52. The number of hydroxylamine groups is 1. The van der Waals surface area contributed by atoms with Gasteiger partial charge in [-0.1, -0.05) is 25.4 Å². The molecule has 2 unspecified atom stereocenters. The van der Waals surface area contributed by atoms with Crippen LogP contribution in [-0.2, 0) is 13.9 Å². The van der Waals surface area contributed by atoms with Crippen LogP contribution < -0.4 is 15.5 Å². The van der Waals surface area contributed by atoms with Gasteiger partial charge in [0.2, 0.25) is 0 Å². The van der Waals surface area contributed by atoms with Crippen molar-refractivity contribution in [2.75, 3.05) is 13.2 Å². The molecule has 0 radical (unpaired) electrons. The van der Waals surface area contributed by atoms with Gasteiger partial charge in [0.15, 0.2) is 0 Å². The van der Waals surface area contributed by atoms with E-state index < -0.39 is 13.4 Å². The second-order valence-electron chi connectivity index (χ2n) is 7.49. The number of halogens is 1. The van der Waals surface area contributed by atoms with Crippen LogP contribution in [0, 0.1) is 5.92 Å². The summed E-state index contributed by atoms with van der Waals surface area (Å²) in [4.78, 5) is 12.0. The van der Waals surface area contributed by atoms with Crippen LogP contribution in [0.5, 0.6) is 11.5 Å². The highest BCUT2D eigenvalue weighted by Gasteiger charge is 2.42. The molecule has 0 saturated carbocycles.